The number of fused-ring (bicyclic) bond motifs is 1. The van der Waals surface area contributed by atoms with Crippen molar-refractivity contribution in [3.8, 4) is 5.75 Å². The summed E-state index contributed by atoms with van der Waals surface area (Å²) in [4.78, 5) is 30.7. The van der Waals surface area contributed by atoms with Crippen molar-refractivity contribution in [1.82, 2.24) is 15.1 Å². The third-order valence-corrected chi connectivity index (χ3v) is 6.68. The molecule has 2 aromatic rings. The quantitative estimate of drug-likeness (QED) is 0.699. The second-order valence-electron chi connectivity index (χ2n) is 7.94. The molecule has 30 heavy (non-hydrogen) atoms. The molecule has 2 aliphatic rings. The van der Waals surface area contributed by atoms with Crippen molar-refractivity contribution in [2.45, 2.75) is 32.2 Å². The van der Waals surface area contributed by atoms with E-state index >= 15 is 0 Å². The summed E-state index contributed by atoms with van der Waals surface area (Å²) in [5.41, 5.74) is 1.17. The van der Waals surface area contributed by atoms with Crippen LogP contribution in [0.2, 0.25) is 0 Å². The number of thiophene rings is 1. The first-order valence-corrected chi connectivity index (χ1v) is 11.6. The van der Waals surface area contributed by atoms with E-state index in [1.54, 1.807) is 16.2 Å². The summed E-state index contributed by atoms with van der Waals surface area (Å²) in [6, 6.07) is 11.5. The molecule has 0 bridgehead atoms. The molecule has 3 amide bonds. The first-order valence-electron chi connectivity index (χ1n) is 10.7. The predicted molar refractivity (Wildman–Crippen MR) is 118 cm³/mol. The molecular weight excluding hydrogens is 398 g/mol. The fraction of sp³-hybridized carbons (Fsp3) is 0.478. The van der Waals surface area contributed by atoms with Gasteiger partial charge in [0.2, 0.25) is 5.91 Å². The normalized spacial score (nSPS) is 17.9. The second kappa shape index (κ2) is 9.51. The number of nitrogens with one attached hydrogen (secondary N) is 1. The molecule has 160 valence electrons. The van der Waals surface area contributed by atoms with Crippen LogP contribution in [0.15, 0.2) is 41.8 Å². The van der Waals surface area contributed by atoms with E-state index in [4.69, 9.17) is 4.74 Å². The van der Waals surface area contributed by atoms with E-state index in [0.717, 1.165) is 25.0 Å². The van der Waals surface area contributed by atoms with Gasteiger partial charge in [0, 0.05) is 24.5 Å². The van der Waals surface area contributed by atoms with Gasteiger partial charge < -0.3 is 19.9 Å². The maximum Gasteiger partial charge on any atom is 0.317 e. The number of carbonyl (C=O) groups excluding carboxylic acids is 2. The van der Waals surface area contributed by atoms with Crippen molar-refractivity contribution in [1.29, 1.82) is 0 Å². The molecule has 1 unspecified atom stereocenters. The Balaban J connectivity index is 1.48. The van der Waals surface area contributed by atoms with E-state index in [1.807, 2.05) is 42.2 Å². The molecule has 1 N–H and O–H groups in total. The highest BCUT2D eigenvalue weighted by Gasteiger charge is 2.34. The van der Waals surface area contributed by atoms with Crippen molar-refractivity contribution in [2.75, 3.05) is 32.8 Å². The molecule has 2 heterocycles. The Morgan fingerprint density at radius 1 is 1.23 bits per heavy atom. The number of carbonyl (C=O) groups is 2. The van der Waals surface area contributed by atoms with Crippen LogP contribution < -0.4 is 10.1 Å². The van der Waals surface area contributed by atoms with E-state index in [0.29, 0.717) is 32.2 Å². The second-order valence-corrected chi connectivity index (χ2v) is 8.94. The lowest BCUT2D eigenvalue weighted by Crippen LogP contribution is -2.50. The highest BCUT2D eigenvalue weighted by Crippen LogP contribution is 2.34. The number of para-hydroxylation sites is 1. The van der Waals surface area contributed by atoms with Gasteiger partial charge in [-0.05, 0) is 61.2 Å². The Kier molecular flexibility index (Phi) is 6.57. The van der Waals surface area contributed by atoms with E-state index < -0.39 is 0 Å². The minimum Gasteiger partial charge on any atom is -0.491 e. The van der Waals surface area contributed by atoms with Crippen LogP contribution in [0, 0.1) is 5.92 Å². The van der Waals surface area contributed by atoms with Gasteiger partial charge >= 0.3 is 6.03 Å². The van der Waals surface area contributed by atoms with E-state index in [1.165, 1.54) is 10.4 Å². The van der Waals surface area contributed by atoms with Crippen LogP contribution in [0.3, 0.4) is 0 Å². The van der Waals surface area contributed by atoms with Crippen molar-refractivity contribution in [3.63, 3.8) is 0 Å². The molecule has 1 aromatic carbocycles. The summed E-state index contributed by atoms with van der Waals surface area (Å²) in [7, 11) is 0. The molecule has 0 radical (unpaired) electrons. The molecule has 7 heteroatoms. The van der Waals surface area contributed by atoms with Gasteiger partial charge in [-0.1, -0.05) is 18.2 Å². The van der Waals surface area contributed by atoms with Crippen molar-refractivity contribution in [3.05, 3.63) is 52.2 Å². The molecule has 4 rings (SSSR count). The lowest BCUT2D eigenvalue weighted by molar-refractivity contribution is -0.135. The molecule has 0 spiro atoms. The number of urea groups is 1. The molecular formula is C23H29N3O3S. The minimum atomic E-state index is -0.150. The van der Waals surface area contributed by atoms with Crippen LogP contribution >= 0.6 is 11.3 Å². The van der Waals surface area contributed by atoms with Crippen LogP contribution in [0.5, 0.6) is 5.75 Å². The average Bonchev–Trinajstić information content (AvgIpc) is 3.45. The lowest BCUT2D eigenvalue weighted by atomic mass is 10.0. The Morgan fingerprint density at radius 3 is 2.77 bits per heavy atom. The summed E-state index contributed by atoms with van der Waals surface area (Å²) in [5, 5.41) is 4.94. The summed E-state index contributed by atoms with van der Waals surface area (Å²) in [5.74, 6) is 1.31. The first kappa shape index (κ1) is 20.7. The van der Waals surface area contributed by atoms with Crippen molar-refractivity contribution < 1.29 is 14.3 Å². The van der Waals surface area contributed by atoms with E-state index in [-0.39, 0.29) is 24.5 Å². The Labute approximate surface area is 181 Å². The van der Waals surface area contributed by atoms with Gasteiger partial charge in [0.05, 0.1) is 6.04 Å². The fourth-order valence-electron chi connectivity index (χ4n) is 3.91. The highest BCUT2D eigenvalue weighted by molar-refractivity contribution is 7.10. The van der Waals surface area contributed by atoms with Crippen LogP contribution in [-0.2, 0) is 11.2 Å². The summed E-state index contributed by atoms with van der Waals surface area (Å²) in [6.07, 6.45) is 3.13. The van der Waals surface area contributed by atoms with Gasteiger partial charge in [-0.2, -0.15) is 0 Å². The van der Waals surface area contributed by atoms with E-state index in [2.05, 4.69) is 16.8 Å². The van der Waals surface area contributed by atoms with Gasteiger partial charge in [0.25, 0.3) is 0 Å². The average molecular weight is 428 g/mol. The number of hydrogen-bond donors (Lipinski definition) is 1. The zero-order chi connectivity index (χ0) is 20.9. The number of hydrogen-bond acceptors (Lipinski definition) is 4. The zero-order valence-corrected chi connectivity index (χ0v) is 18.2. The number of rotatable bonds is 8. The number of amides is 3. The van der Waals surface area contributed by atoms with Gasteiger partial charge in [-0.15, -0.1) is 11.3 Å². The zero-order valence-electron chi connectivity index (χ0n) is 17.4. The lowest BCUT2D eigenvalue weighted by Gasteiger charge is -2.37. The van der Waals surface area contributed by atoms with Crippen LogP contribution in [0.1, 0.15) is 36.2 Å². The Morgan fingerprint density at radius 2 is 2.03 bits per heavy atom. The van der Waals surface area contributed by atoms with Crippen LogP contribution in [0.25, 0.3) is 0 Å². The van der Waals surface area contributed by atoms with Gasteiger partial charge in [0.1, 0.15) is 18.9 Å². The molecule has 6 nitrogen and oxygen atoms in total. The SMILES string of the molecule is CCNC(=O)N(CC(=O)N1CCc2sccc2C1COc1ccccc1)CC1CC1. The molecule has 1 fully saturated rings. The smallest absolute Gasteiger partial charge is 0.317 e. The number of benzene rings is 1. The first-order chi connectivity index (χ1) is 14.7. The summed E-state index contributed by atoms with van der Waals surface area (Å²) >= 11 is 1.74. The standard InChI is InChI=1S/C23H29N3O3S/c1-2-24-23(28)25(14-17-8-9-17)15-22(27)26-12-10-21-19(11-13-30-21)20(26)16-29-18-6-4-3-5-7-18/h3-7,11,13,17,20H,2,8-10,12,14-16H2,1H3,(H,24,28). The van der Waals surface area contributed by atoms with E-state index in [9.17, 15) is 9.59 Å². The Hall–Kier alpha value is -2.54. The third-order valence-electron chi connectivity index (χ3n) is 5.68. The van der Waals surface area contributed by atoms with Gasteiger partial charge in [-0.3, -0.25) is 4.79 Å². The molecule has 1 aliphatic carbocycles. The molecule has 1 saturated carbocycles. The largest absolute Gasteiger partial charge is 0.491 e. The summed E-state index contributed by atoms with van der Waals surface area (Å²) in [6.45, 7) is 4.29. The number of ether oxygens (including phenoxy) is 1. The van der Waals surface area contributed by atoms with Crippen molar-refractivity contribution in [2.24, 2.45) is 5.92 Å². The molecule has 1 atom stereocenters. The number of nitrogens with zero attached hydrogens (tertiary/aromatic N) is 2. The Bertz CT molecular complexity index is 866. The van der Waals surface area contributed by atoms with Gasteiger partial charge in [-0.25, -0.2) is 4.79 Å². The summed E-state index contributed by atoms with van der Waals surface area (Å²) < 4.78 is 6.04. The minimum absolute atomic E-state index is 0.0135. The molecule has 1 aromatic heterocycles. The topological polar surface area (TPSA) is 61.9 Å². The molecule has 1 aliphatic heterocycles. The third kappa shape index (κ3) is 4.95. The maximum atomic E-state index is 13.3. The van der Waals surface area contributed by atoms with Crippen molar-refractivity contribution >= 4 is 23.3 Å². The maximum absolute atomic E-state index is 13.3. The fourth-order valence-corrected chi connectivity index (χ4v) is 4.84. The van der Waals surface area contributed by atoms with Gasteiger partial charge in [0.15, 0.2) is 0 Å². The van der Waals surface area contributed by atoms with Crippen LogP contribution in [-0.4, -0.2) is 54.5 Å². The monoisotopic (exact) mass is 427 g/mol. The van der Waals surface area contributed by atoms with Crippen LogP contribution in [0.4, 0.5) is 4.79 Å². The highest BCUT2D eigenvalue weighted by atomic mass is 32.1. The molecule has 0 saturated heterocycles. The predicted octanol–water partition coefficient (Wildman–Crippen LogP) is 3.69.